The number of fused-ring (bicyclic) bond motifs is 1. The van der Waals surface area contributed by atoms with Gasteiger partial charge in [0.1, 0.15) is 17.2 Å². The van der Waals surface area contributed by atoms with Crippen LogP contribution < -0.4 is 4.90 Å². The third kappa shape index (κ3) is 4.20. The summed E-state index contributed by atoms with van der Waals surface area (Å²) in [4.78, 5) is 10.9. The molecule has 2 aliphatic rings. The molecule has 1 saturated heterocycles. The molecule has 0 saturated carbocycles. The van der Waals surface area contributed by atoms with Crippen LogP contribution in [0.2, 0.25) is 0 Å². The van der Waals surface area contributed by atoms with Crippen molar-refractivity contribution in [2.75, 3.05) is 18.0 Å². The number of hydrogen-bond donors (Lipinski definition) is 0. The average molecular weight is 477 g/mol. The Morgan fingerprint density at radius 2 is 1.71 bits per heavy atom. The Hall–Kier alpha value is -3.93. The molecular formula is C26H23F3N6. The van der Waals surface area contributed by atoms with Crippen LogP contribution in [0, 0.1) is 25.2 Å². The van der Waals surface area contributed by atoms with Crippen LogP contribution in [-0.2, 0) is 0 Å². The van der Waals surface area contributed by atoms with Crippen molar-refractivity contribution >= 4 is 22.8 Å². The molecule has 0 amide bonds. The summed E-state index contributed by atoms with van der Waals surface area (Å²) in [5.74, 6) is -0.351. The molecule has 1 fully saturated rings. The summed E-state index contributed by atoms with van der Waals surface area (Å²) < 4.78 is 43.2. The van der Waals surface area contributed by atoms with E-state index in [1.54, 1.807) is 18.2 Å². The van der Waals surface area contributed by atoms with E-state index in [2.05, 4.69) is 20.0 Å². The van der Waals surface area contributed by atoms with Crippen LogP contribution in [0.25, 0.3) is 17.0 Å². The van der Waals surface area contributed by atoms with Gasteiger partial charge in [0.15, 0.2) is 17.5 Å². The lowest BCUT2D eigenvalue weighted by atomic mass is 10.1. The number of nitrogens with zero attached hydrogens (tertiary/aromatic N) is 6. The zero-order valence-corrected chi connectivity index (χ0v) is 19.4. The van der Waals surface area contributed by atoms with Gasteiger partial charge < -0.3 is 4.90 Å². The average Bonchev–Trinajstić information content (AvgIpc) is 3.37. The first-order valence-electron chi connectivity index (χ1n) is 11.5. The normalized spacial score (nSPS) is 17.1. The van der Waals surface area contributed by atoms with Gasteiger partial charge in [-0.25, -0.2) is 9.98 Å². The van der Waals surface area contributed by atoms with E-state index in [-0.39, 0.29) is 11.6 Å². The molecule has 2 aliphatic heterocycles. The smallest absolute Gasteiger partial charge is 0.372 e. The van der Waals surface area contributed by atoms with E-state index in [0.717, 1.165) is 47.4 Å². The number of piperidine rings is 1. The molecule has 0 unspecified atom stereocenters. The lowest BCUT2D eigenvalue weighted by Gasteiger charge is -2.28. The molecule has 0 N–H and O–H groups in total. The number of aromatic nitrogens is 3. The van der Waals surface area contributed by atoms with Crippen LogP contribution in [0.15, 0.2) is 53.0 Å². The number of alkyl halides is 3. The number of nitriles is 1. The van der Waals surface area contributed by atoms with Crippen molar-refractivity contribution < 1.29 is 13.2 Å². The zero-order chi connectivity index (χ0) is 24.7. The molecule has 1 aromatic heterocycles. The van der Waals surface area contributed by atoms with E-state index in [0.29, 0.717) is 11.3 Å². The summed E-state index contributed by atoms with van der Waals surface area (Å²) in [6.07, 6.45) is -1.34. The molecular weight excluding hydrogens is 453 g/mol. The lowest BCUT2D eigenvalue weighted by Crippen LogP contribution is -2.29. The quantitative estimate of drug-likeness (QED) is 0.466. The molecule has 0 radical (unpaired) electrons. The second-order valence-corrected chi connectivity index (χ2v) is 8.85. The number of hydrogen-bond acceptors (Lipinski definition) is 5. The standard InChI is InChI=1S/C26H23F3N6/c1-16-6-11-20(17(2)14-16)23-32-24-21(15-30)22(26(27,28)29)25(35(24)33-23)31-18-7-9-19(10-8-18)34-12-4-3-5-13-34/h6-11,14H,3-5,12-13H2,1-2H3. The summed E-state index contributed by atoms with van der Waals surface area (Å²) in [6, 6.07) is 14.5. The molecule has 3 heterocycles. The Morgan fingerprint density at radius 1 is 1.00 bits per heavy atom. The molecule has 0 aliphatic carbocycles. The van der Waals surface area contributed by atoms with Gasteiger partial charge in [0.25, 0.3) is 0 Å². The maximum Gasteiger partial charge on any atom is 0.421 e. The van der Waals surface area contributed by atoms with Gasteiger partial charge in [-0.15, -0.1) is 5.10 Å². The molecule has 0 bridgehead atoms. The maximum absolute atomic E-state index is 14.1. The summed E-state index contributed by atoms with van der Waals surface area (Å²) in [5.41, 5.74) is 2.28. The van der Waals surface area contributed by atoms with Gasteiger partial charge in [0.2, 0.25) is 0 Å². The van der Waals surface area contributed by atoms with E-state index in [1.807, 2.05) is 44.2 Å². The number of allylic oxidation sites excluding steroid dienone is 2. The van der Waals surface area contributed by atoms with Gasteiger partial charge in [-0.2, -0.15) is 23.1 Å². The Bertz CT molecular complexity index is 1380. The van der Waals surface area contributed by atoms with Gasteiger partial charge >= 0.3 is 6.18 Å². The highest BCUT2D eigenvalue weighted by Crippen LogP contribution is 2.39. The van der Waals surface area contributed by atoms with Gasteiger partial charge in [-0.05, 0) is 62.9 Å². The molecule has 5 rings (SSSR count). The minimum atomic E-state index is -4.79. The van der Waals surface area contributed by atoms with Crippen molar-refractivity contribution in [1.82, 2.24) is 14.8 Å². The number of aliphatic imine (C=N–C) groups is 1. The number of rotatable bonds is 3. The predicted molar refractivity (Wildman–Crippen MR) is 129 cm³/mol. The van der Waals surface area contributed by atoms with Crippen LogP contribution in [0.4, 0.5) is 24.5 Å². The first-order valence-corrected chi connectivity index (χ1v) is 11.5. The van der Waals surface area contributed by atoms with E-state index in [4.69, 9.17) is 0 Å². The van der Waals surface area contributed by atoms with Crippen molar-refractivity contribution in [2.24, 2.45) is 4.99 Å². The monoisotopic (exact) mass is 476 g/mol. The Morgan fingerprint density at radius 3 is 2.34 bits per heavy atom. The number of benzene rings is 2. The van der Waals surface area contributed by atoms with Gasteiger partial charge in [0, 0.05) is 24.3 Å². The van der Waals surface area contributed by atoms with Crippen molar-refractivity contribution in [3.05, 3.63) is 65.0 Å². The molecule has 35 heavy (non-hydrogen) atoms. The molecule has 178 valence electrons. The van der Waals surface area contributed by atoms with Gasteiger partial charge in [-0.3, -0.25) is 0 Å². The van der Waals surface area contributed by atoms with Crippen molar-refractivity contribution in [1.29, 1.82) is 5.26 Å². The highest BCUT2D eigenvalue weighted by molar-refractivity contribution is 6.15. The number of halogens is 3. The molecule has 0 atom stereocenters. The Balaban J connectivity index is 1.60. The topological polar surface area (TPSA) is 70.1 Å². The largest absolute Gasteiger partial charge is 0.421 e. The van der Waals surface area contributed by atoms with Gasteiger partial charge in [-0.1, -0.05) is 23.8 Å². The summed E-state index contributed by atoms with van der Waals surface area (Å²) in [7, 11) is 0. The summed E-state index contributed by atoms with van der Waals surface area (Å²) in [5, 5.41) is 14.0. The molecule has 9 heteroatoms. The Kier molecular flexibility index (Phi) is 5.67. The highest BCUT2D eigenvalue weighted by atomic mass is 19.4. The van der Waals surface area contributed by atoms with Crippen LogP contribution >= 0.6 is 0 Å². The van der Waals surface area contributed by atoms with Crippen LogP contribution in [0.3, 0.4) is 0 Å². The molecule has 3 aromatic rings. The minimum Gasteiger partial charge on any atom is -0.372 e. The molecule has 2 aromatic carbocycles. The number of aryl methyl sites for hydroxylation is 2. The van der Waals surface area contributed by atoms with Crippen molar-refractivity contribution in [3.63, 3.8) is 0 Å². The lowest BCUT2D eigenvalue weighted by molar-refractivity contribution is -0.0854. The number of anilines is 1. The van der Waals surface area contributed by atoms with Gasteiger partial charge in [0.05, 0.1) is 5.69 Å². The third-order valence-corrected chi connectivity index (χ3v) is 6.33. The van der Waals surface area contributed by atoms with Crippen LogP contribution in [0.1, 0.15) is 36.2 Å². The maximum atomic E-state index is 14.1. The Labute approximate surface area is 201 Å². The van der Waals surface area contributed by atoms with Crippen LogP contribution in [0.5, 0.6) is 0 Å². The van der Waals surface area contributed by atoms with Crippen molar-refractivity contribution in [3.8, 4) is 17.5 Å². The first kappa shape index (κ1) is 22.8. The fraction of sp³-hybridized carbons (Fsp3) is 0.308. The minimum absolute atomic E-state index is 0.154. The molecule has 6 nitrogen and oxygen atoms in total. The SMILES string of the molecule is Cc1ccc(-c2nc3n(n2)C(=Nc2ccc(N4CCCCC4)cc2)C(C(F)(F)F)=C3C#N)c(C)c1. The summed E-state index contributed by atoms with van der Waals surface area (Å²) >= 11 is 0. The molecule has 0 spiro atoms. The highest BCUT2D eigenvalue weighted by Gasteiger charge is 2.47. The fourth-order valence-electron chi connectivity index (χ4n) is 4.62. The van der Waals surface area contributed by atoms with E-state index in [1.165, 1.54) is 6.42 Å². The van der Waals surface area contributed by atoms with Crippen molar-refractivity contribution in [2.45, 2.75) is 39.3 Å². The fourth-order valence-corrected chi connectivity index (χ4v) is 4.62. The predicted octanol–water partition coefficient (Wildman–Crippen LogP) is 5.98. The second kappa shape index (κ2) is 8.69. The third-order valence-electron chi connectivity index (χ3n) is 6.33. The van der Waals surface area contributed by atoms with Crippen LogP contribution in [-0.4, -0.2) is 39.9 Å². The van der Waals surface area contributed by atoms with E-state index in [9.17, 15) is 18.4 Å². The summed E-state index contributed by atoms with van der Waals surface area (Å²) in [6.45, 7) is 5.76. The zero-order valence-electron chi connectivity index (χ0n) is 19.4. The second-order valence-electron chi connectivity index (χ2n) is 8.85. The van der Waals surface area contributed by atoms with E-state index >= 15 is 0 Å². The first-order chi connectivity index (χ1) is 16.8. The van der Waals surface area contributed by atoms with E-state index < -0.39 is 23.2 Å².